The van der Waals surface area contributed by atoms with Crippen LogP contribution < -0.4 is 5.32 Å². The summed E-state index contributed by atoms with van der Waals surface area (Å²) in [4.78, 5) is 14.8. The fourth-order valence-electron chi connectivity index (χ4n) is 3.78. The summed E-state index contributed by atoms with van der Waals surface area (Å²) in [6, 6.07) is 3.61. The van der Waals surface area contributed by atoms with Gasteiger partial charge < -0.3 is 15.0 Å². The standard InChI is InChI=1S/C20H31N3O4S/c1-15-11-17(3)19(12-16(15)2)28(25,26)23(13-18-5-4-10-27-18)14-20(24)22-8-6-21-7-9-22/h11-12,18,21H,4-10,13-14H2,1-3H3. The SMILES string of the molecule is Cc1cc(C)c(S(=O)(=O)N(CC(=O)N2CCNCC2)CC2CCCO2)cc1C. The molecule has 1 unspecified atom stereocenters. The largest absolute Gasteiger partial charge is 0.377 e. The Labute approximate surface area is 168 Å². The van der Waals surface area contributed by atoms with Gasteiger partial charge in [0.05, 0.1) is 17.5 Å². The summed E-state index contributed by atoms with van der Waals surface area (Å²) in [5, 5.41) is 3.21. The Balaban J connectivity index is 1.88. The Kier molecular flexibility index (Phi) is 6.75. The summed E-state index contributed by atoms with van der Waals surface area (Å²) in [6.45, 7) is 9.09. The molecule has 3 rings (SSSR count). The van der Waals surface area contributed by atoms with Crippen molar-refractivity contribution >= 4 is 15.9 Å². The first-order valence-electron chi connectivity index (χ1n) is 9.97. The molecule has 7 nitrogen and oxygen atoms in total. The summed E-state index contributed by atoms with van der Waals surface area (Å²) in [5.74, 6) is -0.149. The molecule has 1 atom stereocenters. The molecule has 28 heavy (non-hydrogen) atoms. The van der Waals surface area contributed by atoms with E-state index in [1.165, 1.54) is 4.31 Å². The molecule has 1 aromatic carbocycles. The van der Waals surface area contributed by atoms with Crippen LogP contribution in [0.1, 0.15) is 29.5 Å². The smallest absolute Gasteiger partial charge is 0.243 e. The quantitative estimate of drug-likeness (QED) is 0.764. The van der Waals surface area contributed by atoms with E-state index in [9.17, 15) is 13.2 Å². The molecule has 0 saturated carbocycles. The second kappa shape index (κ2) is 8.90. The second-order valence-electron chi connectivity index (χ2n) is 7.77. The minimum atomic E-state index is -3.80. The predicted octanol–water partition coefficient (Wildman–Crippen LogP) is 1.21. The van der Waals surface area contributed by atoms with Crippen LogP contribution in [0.4, 0.5) is 0 Å². The highest BCUT2D eigenvalue weighted by Crippen LogP contribution is 2.25. The molecular formula is C20H31N3O4S. The van der Waals surface area contributed by atoms with Crippen LogP contribution in [0.5, 0.6) is 0 Å². The van der Waals surface area contributed by atoms with Crippen molar-refractivity contribution in [1.82, 2.24) is 14.5 Å². The second-order valence-corrected chi connectivity index (χ2v) is 9.67. The Morgan fingerprint density at radius 1 is 1.18 bits per heavy atom. The Bertz CT molecular complexity index is 813. The Hall–Kier alpha value is -1.48. The van der Waals surface area contributed by atoms with Gasteiger partial charge in [-0.05, 0) is 56.4 Å². The molecule has 1 aromatic rings. The van der Waals surface area contributed by atoms with Crippen molar-refractivity contribution in [2.45, 2.75) is 44.6 Å². The molecule has 1 N–H and O–H groups in total. The van der Waals surface area contributed by atoms with Crippen molar-refractivity contribution in [3.8, 4) is 0 Å². The fourth-order valence-corrected chi connectivity index (χ4v) is 5.49. The van der Waals surface area contributed by atoms with Crippen LogP contribution in [0, 0.1) is 20.8 Å². The van der Waals surface area contributed by atoms with Gasteiger partial charge in [-0.2, -0.15) is 4.31 Å². The van der Waals surface area contributed by atoms with Gasteiger partial charge in [-0.3, -0.25) is 4.79 Å². The average molecular weight is 410 g/mol. The Morgan fingerprint density at radius 3 is 2.50 bits per heavy atom. The zero-order chi connectivity index (χ0) is 20.3. The highest BCUT2D eigenvalue weighted by Gasteiger charge is 2.33. The third-order valence-corrected chi connectivity index (χ3v) is 7.58. The third kappa shape index (κ3) is 4.74. The predicted molar refractivity (Wildman–Crippen MR) is 108 cm³/mol. The van der Waals surface area contributed by atoms with Crippen LogP contribution >= 0.6 is 0 Å². The van der Waals surface area contributed by atoms with E-state index in [-0.39, 0.29) is 30.0 Å². The summed E-state index contributed by atoms with van der Waals surface area (Å²) >= 11 is 0. The van der Waals surface area contributed by atoms with Crippen LogP contribution in [0.2, 0.25) is 0 Å². The minimum absolute atomic E-state index is 0.144. The number of piperazine rings is 1. The van der Waals surface area contributed by atoms with E-state index in [1.807, 2.05) is 26.8 Å². The first-order valence-corrected chi connectivity index (χ1v) is 11.4. The van der Waals surface area contributed by atoms with Crippen molar-refractivity contribution in [3.63, 3.8) is 0 Å². The maximum atomic E-state index is 13.5. The lowest BCUT2D eigenvalue weighted by Crippen LogP contribution is -2.51. The molecule has 2 aliphatic heterocycles. The number of carbonyl (C=O) groups is 1. The molecule has 0 aliphatic carbocycles. The number of sulfonamides is 1. The number of nitrogens with zero attached hydrogens (tertiary/aromatic N) is 2. The summed E-state index contributed by atoms with van der Waals surface area (Å²) in [5.41, 5.74) is 2.68. The summed E-state index contributed by atoms with van der Waals surface area (Å²) < 4.78 is 34.0. The molecule has 1 amide bonds. The van der Waals surface area contributed by atoms with Gasteiger partial charge in [-0.25, -0.2) is 8.42 Å². The minimum Gasteiger partial charge on any atom is -0.377 e. The van der Waals surface area contributed by atoms with E-state index >= 15 is 0 Å². The molecule has 156 valence electrons. The van der Waals surface area contributed by atoms with Gasteiger partial charge in [0.1, 0.15) is 0 Å². The highest BCUT2D eigenvalue weighted by atomic mass is 32.2. The molecule has 0 spiro atoms. The van der Waals surface area contributed by atoms with E-state index in [1.54, 1.807) is 11.0 Å². The molecule has 8 heteroatoms. The van der Waals surface area contributed by atoms with Crippen LogP contribution in [0.25, 0.3) is 0 Å². The van der Waals surface area contributed by atoms with Crippen LogP contribution in [0.15, 0.2) is 17.0 Å². The van der Waals surface area contributed by atoms with E-state index in [0.29, 0.717) is 25.3 Å². The van der Waals surface area contributed by atoms with Gasteiger partial charge in [0, 0.05) is 39.3 Å². The number of hydrogen-bond acceptors (Lipinski definition) is 5. The maximum absolute atomic E-state index is 13.5. The molecule has 0 radical (unpaired) electrons. The first kappa shape index (κ1) is 21.2. The van der Waals surface area contributed by atoms with Crippen LogP contribution in [-0.4, -0.2) is 75.5 Å². The topological polar surface area (TPSA) is 79.0 Å². The summed E-state index contributed by atoms with van der Waals surface area (Å²) in [6.07, 6.45) is 1.59. The first-order chi connectivity index (χ1) is 13.3. The van der Waals surface area contributed by atoms with Crippen molar-refractivity contribution in [3.05, 3.63) is 28.8 Å². The monoisotopic (exact) mass is 409 g/mol. The van der Waals surface area contributed by atoms with Gasteiger partial charge >= 0.3 is 0 Å². The van der Waals surface area contributed by atoms with E-state index in [4.69, 9.17) is 4.74 Å². The summed E-state index contributed by atoms with van der Waals surface area (Å²) in [7, 11) is -3.80. The number of rotatable bonds is 6. The van der Waals surface area contributed by atoms with Gasteiger partial charge in [0.2, 0.25) is 15.9 Å². The Morgan fingerprint density at radius 2 is 1.86 bits per heavy atom. The van der Waals surface area contributed by atoms with Crippen molar-refractivity contribution < 1.29 is 17.9 Å². The molecule has 2 heterocycles. The number of carbonyl (C=O) groups excluding carboxylic acids is 1. The molecule has 2 aliphatic rings. The number of amides is 1. The van der Waals surface area contributed by atoms with E-state index in [2.05, 4.69) is 5.32 Å². The van der Waals surface area contributed by atoms with E-state index in [0.717, 1.165) is 37.1 Å². The molecule has 2 saturated heterocycles. The van der Waals surface area contributed by atoms with Crippen molar-refractivity contribution in [1.29, 1.82) is 0 Å². The lowest BCUT2D eigenvalue weighted by molar-refractivity contribution is -0.132. The average Bonchev–Trinajstić information content (AvgIpc) is 3.18. The fraction of sp³-hybridized carbons (Fsp3) is 0.650. The van der Waals surface area contributed by atoms with Crippen LogP contribution in [-0.2, 0) is 19.6 Å². The molecule has 2 fully saturated rings. The number of nitrogens with one attached hydrogen (secondary N) is 1. The number of aryl methyl sites for hydroxylation is 3. The van der Waals surface area contributed by atoms with Gasteiger partial charge in [0.25, 0.3) is 0 Å². The van der Waals surface area contributed by atoms with Gasteiger partial charge in [-0.15, -0.1) is 0 Å². The normalized spacial score (nSPS) is 20.7. The third-order valence-electron chi connectivity index (χ3n) is 5.62. The van der Waals surface area contributed by atoms with E-state index < -0.39 is 10.0 Å². The molecule has 0 bridgehead atoms. The van der Waals surface area contributed by atoms with Gasteiger partial charge in [-0.1, -0.05) is 6.07 Å². The molecule has 0 aromatic heterocycles. The zero-order valence-electron chi connectivity index (χ0n) is 17.0. The highest BCUT2D eigenvalue weighted by molar-refractivity contribution is 7.89. The number of benzene rings is 1. The zero-order valence-corrected chi connectivity index (χ0v) is 17.8. The molecular weight excluding hydrogens is 378 g/mol. The van der Waals surface area contributed by atoms with Crippen molar-refractivity contribution in [2.24, 2.45) is 0 Å². The van der Waals surface area contributed by atoms with Gasteiger partial charge in [0.15, 0.2) is 0 Å². The lowest BCUT2D eigenvalue weighted by Gasteiger charge is -2.31. The number of hydrogen-bond donors (Lipinski definition) is 1. The van der Waals surface area contributed by atoms with Crippen LogP contribution in [0.3, 0.4) is 0 Å². The maximum Gasteiger partial charge on any atom is 0.243 e. The van der Waals surface area contributed by atoms with Crippen molar-refractivity contribution in [2.75, 3.05) is 45.9 Å². The lowest BCUT2D eigenvalue weighted by atomic mass is 10.1. The number of ether oxygens (including phenoxy) is 1.